The molecular weight excluding hydrogens is 234 g/mol. The van der Waals surface area contributed by atoms with Crippen LogP contribution < -0.4 is 0 Å². The third kappa shape index (κ3) is 5.20. The first-order valence-electron chi connectivity index (χ1n) is 6.66. The smallest absolute Gasteiger partial charge is 0.0718 e. The van der Waals surface area contributed by atoms with Crippen LogP contribution in [0.25, 0.3) is 0 Å². The second-order valence-electron chi connectivity index (χ2n) is 4.98. The Bertz CT molecular complexity index is 209. The summed E-state index contributed by atoms with van der Waals surface area (Å²) in [6.07, 6.45) is 0.626. The van der Waals surface area contributed by atoms with E-state index in [2.05, 4.69) is 11.8 Å². The summed E-state index contributed by atoms with van der Waals surface area (Å²) in [5.74, 6) is 0.268. The number of rotatable bonds is 9. The van der Waals surface area contributed by atoms with E-state index in [0.29, 0.717) is 26.4 Å². The first-order chi connectivity index (χ1) is 8.69. The molecule has 0 aromatic rings. The zero-order valence-electron chi connectivity index (χ0n) is 11.8. The lowest BCUT2D eigenvalue weighted by molar-refractivity contribution is 0.0154. The third-order valence-electron chi connectivity index (χ3n) is 3.54. The summed E-state index contributed by atoms with van der Waals surface area (Å²) >= 11 is 0. The molecule has 0 amide bonds. The molecule has 0 aliphatic carbocycles. The van der Waals surface area contributed by atoms with E-state index in [1.807, 2.05) is 0 Å². The molecule has 1 rings (SSSR count). The molecule has 3 atom stereocenters. The highest BCUT2D eigenvalue weighted by molar-refractivity contribution is 4.78. The van der Waals surface area contributed by atoms with Gasteiger partial charge in [0.1, 0.15) is 0 Å². The summed E-state index contributed by atoms with van der Waals surface area (Å²) in [5.41, 5.74) is 0. The monoisotopic (exact) mass is 261 g/mol. The van der Waals surface area contributed by atoms with Gasteiger partial charge in [-0.2, -0.15) is 0 Å². The Morgan fingerprint density at radius 3 is 2.72 bits per heavy atom. The van der Waals surface area contributed by atoms with Crippen molar-refractivity contribution in [2.24, 2.45) is 5.92 Å². The average Bonchev–Trinajstić information content (AvgIpc) is 2.88. The van der Waals surface area contributed by atoms with Crippen LogP contribution in [0, 0.1) is 5.92 Å². The standard InChI is InChI=1S/C13H27NO4/c1-11(9-17-3)14(5-7-16-2)8-13(15)12-4-6-18-10-12/h11-13,15H,4-10H2,1-3H3. The molecule has 1 heterocycles. The van der Waals surface area contributed by atoms with Crippen LogP contribution in [-0.4, -0.2) is 75.9 Å². The molecule has 0 radical (unpaired) electrons. The van der Waals surface area contributed by atoms with Crippen molar-refractivity contribution in [3.63, 3.8) is 0 Å². The molecule has 0 saturated carbocycles. The normalized spacial score (nSPS) is 23.5. The van der Waals surface area contributed by atoms with Crippen molar-refractivity contribution in [2.45, 2.75) is 25.5 Å². The van der Waals surface area contributed by atoms with Crippen LogP contribution in [-0.2, 0) is 14.2 Å². The van der Waals surface area contributed by atoms with E-state index in [4.69, 9.17) is 14.2 Å². The van der Waals surface area contributed by atoms with Crippen LogP contribution >= 0.6 is 0 Å². The molecule has 18 heavy (non-hydrogen) atoms. The van der Waals surface area contributed by atoms with Gasteiger partial charge in [-0.3, -0.25) is 4.90 Å². The van der Waals surface area contributed by atoms with Gasteiger partial charge in [0, 0.05) is 45.9 Å². The first kappa shape index (κ1) is 15.9. The summed E-state index contributed by atoms with van der Waals surface area (Å²) in [4.78, 5) is 2.22. The lowest BCUT2D eigenvalue weighted by Crippen LogP contribution is -2.45. The average molecular weight is 261 g/mol. The fourth-order valence-corrected chi connectivity index (χ4v) is 2.29. The van der Waals surface area contributed by atoms with Gasteiger partial charge in [0.2, 0.25) is 0 Å². The highest BCUT2D eigenvalue weighted by Gasteiger charge is 2.27. The van der Waals surface area contributed by atoms with E-state index in [1.54, 1.807) is 14.2 Å². The number of methoxy groups -OCH3 is 2. The molecule has 0 bridgehead atoms. The second-order valence-corrected chi connectivity index (χ2v) is 4.98. The number of ether oxygens (including phenoxy) is 3. The molecule has 108 valence electrons. The summed E-state index contributed by atoms with van der Waals surface area (Å²) < 4.78 is 15.6. The van der Waals surface area contributed by atoms with Crippen molar-refractivity contribution in [3.05, 3.63) is 0 Å². The van der Waals surface area contributed by atoms with Gasteiger partial charge in [-0.1, -0.05) is 0 Å². The zero-order valence-corrected chi connectivity index (χ0v) is 11.8. The van der Waals surface area contributed by atoms with Gasteiger partial charge in [0.15, 0.2) is 0 Å². The van der Waals surface area contributed by atoms with E-state index in [1.165, 1.54) is 0 Å². The van der Waals surface area contributed by atoms with Crippen molar-refractivity contribution in [3.8, 4) is 0 Å². The highest BCUT2D eigenvalue weighted by atomic mass is 16.5. The van der Waals surface area contributed by atoms with Gasteiger partial charge in [-0.25, -0.2) is 0 Å². The fraction of sp³-hybridized carbons (Fsp3) is 1.00. The number of aliphatic hydroxyl groups excluding tert-OH is 1. The molecule has 1 saturated heterocycles. The SMILES string of the molecule is COCCN(CC(O)C1CCOC1)C(C)COC. The predicted molar refractivity (Wildman–Crippen MR) is 69.7 cm³/mol. The van der Waals surface area contributed by atoms with Crippen molar-refractivity contribution in [1.82, 2.24) is 4.90 Å². The van der Waals surface area contributed by atoms with Gasteiger partial charge in [-0.05, 0) is 13.3 Å². The maximum absolute atomic E-state index is 10.2. The number of nitrogens with zero attached hydrogens (tertiary/aromatic N) is 1. The van der Waals surface area contributed by atoms with Gasteiger partial charge in [-0.15, -0.1) is 0 Å². The van der Waals surface area contributed by atoms with Crippen LogP contribution in [0.1, 0.15) is 13.3 Å². The van der Waals surface area contributed by atoms with Crippen LogP contribution in [0.4, 0.5) is 0 Å². The Labute approximate surface area is 110 Å². The molecular formula is C13H27NO4. The van der Waals surface area contributed by atoms with E-state index in [-0.39, 0.29) is 18.1 Å². The quantitative estimate of drug-likeness (QED) is 0.650. The van der Waals surface area contributed by atoms with Gasteiger partial charge in [0.05, 0.1) is 25.9 Å². The Hall–Kier alpha value is -0.200. The maximum Gasteiger partial charge on any atom is 0.0718 e. The Morgan fingerprint density at radius 1 is 1.39 bits per heavy atom. The number of hydrogen-bond acceptors (Lipinski definition) is 5. The zero-order chi connectivity index (χ0) is 13.4. The van der Waals surface area contributed by atoms with Crippen LogP contribution in [0.15, 0.2) is 0 Å². The summed E-state index contributed by atoms with van der Waals surface area (Å²) in [5, 5.41) is 10.2. The van der Waals surface area contributed by atoms with Crippen LogP contribution in [0.2, 0.25) is 0 Å². The largest absolute Gasteiger partial charge is 0.391 e. The first-order valence-corrected chi connectivity index (χ1v) is 6.66. The van der Waals surface area contributed by atoms with Crippen LogP contribution in [0.5, 0.6) is 0 Å². The van der Waals surface area contributed by atoms with Gasteiger partial charge >= 0.3 is 0 Å². The van der Waals surface area contributed by atoms with Gasteiger partial charge in [0.25, 0.3) is 0 Å². The summed E-state index contributed by atoms with van der Waals surface area (Å²) in [6.45, 7) is 6.36. The molecule has 1 aliphatic heterocycles. The Balaban J connectivity index is 2.42. The molecule has 1 aliphatic rings. The van der Waals surface area contributed by atoms with E-state index in [0.717, 1.165) is 19.6 Å². The molecule has 0 spiro atoms. The summed E-state index contributed by atoms with van der Waals surface area (Å²) in [7, 11) is 3.40. The molecule has 5 nitrogen and oxygen atoms in total. The molecule has 0 aromatic carbocycles. The van der Waals surface area contributed by atoms with Crippen LogP contribution in [0.3, 0.4) is 0 Å². The molecule has 3 unspecified atom stereocenters. The minimum Gasteiger partial charge on any atom is -0.391 e. The van der Waals surface area contributed by atoms with Gasteiger partial charge < -0.3 is 19.3 Å². The minimum atomic E-state index is -0.330. The Morgan fingerprint density at radius 2 is 2.17 bits per heavy atom. The predicted octanol–water partition coefficient (Wildman–Crippen LogP) is 0.367. The lowest BCUT2D eigenvalue weighted by atomic mass is 10.0. The van der Waals surface area contributed by atoms with E-state index < -0.39 is 0 Å². The van der Waals surface area contributed by atoms with E-state index in [9.17, 15) is 5.11 Å². The summed E-state index contributed by atoms with van der Waals surface area (Å²) in [6, 6.07) is 0.280. The van der Waals surface area contributed by atoms with Crippen molar-refractivity contribution >= 4 is 0 Å². The highest BCUT2D eigenvalue weighted by Crippen LogP contribution is 2.18. The second kappa shape index (κ2) is 8.82. The lowest BCUT2D eigenvalue weighted by Gasteiger charge is -2.31. The minimum absolute atomic E-state index is 0.268. The Kier molecular flexibility index (Phi) is 7.77. The molecule has 1 fully saturated rings. The molecule has 0 aromatic heterocycles. The maximum atomic E-state index is 10.2. The molecule has 5 heteroatoms. The number of hydrogen-bond donors (Lipinski definition) is 1. The third-order valence-corrected chi connectivity index (χ3v) is 3.54. The topological polar surface area (TPSA) is 51.2 Å². The van der Waals surface area contributed by atoms with Crippen molar-refractivity contribution < 1.29 is 19.3 Å². The van der Waals surface area contributed by atoms with Crippen molar-refractivity contribution in [2.75, 3.05) is 53.7 Å². The molecule has 1 N–H and O–H groups in total. The number of aliphatic hydroxyl groups is 1. The van der Waals surface area contributed by atoms with Crippen molar-refractivity contribution in [1.29, 1.82) is 0 Å². The van der Waals surface area contributed by atoms with E-state index >= 15 is 0 Å². The fourth-order valence-electron chi connectivity index (χ4n) is 2.29.